The molecule has 1 heterocycles. The van der Waals surface area contributed by atoms with E-state index in [1.807, 2.05) is 0 Å². The van der Waals surface area contributed by atoms with Crippen LogP contribution in [0.3, 0.4) is 0 Å². The van der Waals surface area contributed by atoms with E-state index in [4.69, 9.17) is 18.0 Å². The Morgan fingerprint density at radius 2 is 1.14 bits per heavy atom. The molecule has 0 aromatic carbocycles. The Hall–Kier alpha value is 0.451. The Bertz CT molecular complexity index is 359. The Balaban J connectivity index is 3.01. The van der Waals surface area contributed by atoms with E-state index in [-0.39, 0.29) is 12.2 Å². The van der Waals surface area contributed by atoms with Gasteiger partial charge in [0.25, 0.3) is 0 Å². The van der Waals surface area contributed by atoms with Gasteiger partial charge >= 0.3 is 0 Å². The average Bonchev–Trinajstić information content (AvgIpc) is 2.22. The van der Waals surface area contributed by atoms with Crippen LogP contribution in [0, 0.1) is 0 Å². The molecule has 1 aliphatic rings. The highest BCUT2D eigenvalue weighted by atomic mass is 28.4. The fraction of sp³-hybridized carbons (Fsp3) is 1.00. The van der Waals surface area contributed by atoms with Crippen LogP contribution in [0.25, 0.3) is 0 Å². The lowest BCUT2D eigenvalue weighted by atomic mass is 10.1. The average molecular weight is 367 g/mol. The Labute approximate surface area is 138 Å². The predicted molar refractivity (Wildman–Crippen MR) is 96.6 cm³/mol. The number of hydrogen-bond donors (Lipinski definition) is 1. The molecule has 132 valence electrons. The number of hydrogen-bond acceptors (Lipinski definition) is 5. The van der Waals surface area contributed by atoms with Crippen LogP contribution in [0.4, 0.5) is 0 Å². The smallest absolute Gasteiger partial charge is 0.184 e. The molecule has 4 atom stereocenters. The first-order valence-electron chi connectivity index (χ1n) is 8.01. The summed E-state index contributed by atoms with van der Waals surface area (Å²) in [6.07, 6.45) is -1.87. The highest BCUT2D eigenvalue weighted by Crippen LogP contribution is 2.29. The third kappa shape index (κ3) is 7.35. The maximum absolute atomic E-state index is 10.3. The molecule has 1 rings (SSSR count). The molecule has 1 N–H and O–H groups in total. The van der Waals surface area contributed by atoms with Crippen molar-refractivity contribution >= 4 is 25.0 Å². The van der Waals surface area contributed by atoms with Gasteiger partial charge in [-0.3, -0.25) is 0 Å². The van der Waals surface area contributed by atoms with Crippen LogP contribution in [-0.2, 0) is 18.0 Å². The van der Waals surface area contributed by atoms with Crippen LogP contribution in [0.1, 0.15) is 0 Å². The van der Waals surface area contributed by atoms with Crippen molar-refractivity contribution in [3.63, 3.8) is 0 Å². The van der Waals surface area contributed by atoms with E-state index in [1.165, 1.54) is 0 Å². The summed E-state index contributed by atoms with van der Waals surface area (Å²) >= 11 is 0. The van der Waals surface area contributed by atoms with Crippen molar-refractivity contribution in [1.29, 1.82) is 0 Å². The zero-order valence-electron chi connectivity index (χ0n) is 15.6. The van der Waals surface area contributed by atoms with Crippen molar-refractivity contribution in [2.24, 2.45) is 0 Å². The molecule has 1 saturated heterocycles. The summed E-state index contributed by atoms with van der Waals surface area (Å²) in [7, 11) is -5.39. The van der Waals surface area contributed by atoms with Gasteiger partial charge in [0.15, 0.2) is 31.2 Å². The first-order valence-corrected chi connectivity index (χ1v) is 18.2. The second-order valence-electron chi connectivity index (χ2n) is 8.88. The highest BCUT2D eigenvalue weighted by Gasteiger charge is 2.46. The molecule has 1 aliphatic heterocycles. The molecule has 0 radical (unpaired) electrons. The molecule has 0 amide bonds. The van der Waals surface area contributed by atoms with Crippen LogP contribution in [0.5, 0.6) is 0 Å². The first kappa shape index (κ1) is 20.5. The molecule has 0 aromatic rings. The molecule has 1 fully saturated rings. The summed E-state index contributed by atoms with van der Waals surface area (Å²) in [5, 5.41) is 10.3. The quantitative estimate of drug-likeness (QED) is 0.732. The van der Waals surface area contributed by atoms with E-state index in [2.05, 4.69) is 58.9 Å². The lowest BCUT2D eigenvalue weighted by Crippen LogP contribution is -2.61. The Morgan fingerprint density at radius 1 is 0.727 bits per heavy atom. The SMILES string of the molecule is C[Si](C)(C)O[C@@H]1[C@H](O[Si](C)(C)C)[C@H](O[Si](C)(C)C)CO[C@H]1O. The van der Waals surface area contributed by atoms with Crippen LogP contribution < -0.4 is 0 Å². The lowest BCUT2D eigenvalue weighted by molar-refractivity contribution is -0.240. The molecule has 0 aromatic heterocycles. The van der Waals surface area contributed by atoms with Crippen molar-refractivity contribution in [3.05, 3.63) is 0 Å². The van der Waals surface area contributed by atoms with Crippen molar-refractivity contribution in [1.82, 2.24) is 0 Å². The van der Waals surface area contributed by atoms with E-state index in [0.29, 0.717) is 6.61 Å². The third-order valence-corrected chi connectivity index (χ3v) is 5.86. The second-order valence-corrected chi connectivity index (χ2v) is 22.3. The third-order valence-electron chi connectivity index (χ3n) is 2.89. The Morgan fingerprint density at radius 3 is 1.55 bits per heavy atom. The van der Waals surface area contributed by atoms with Gasteiger partial charge in [0.05, 0.1) is 12.7 Å². The number of aliphatic hydroxyl groups is 1. The van der Waals surface area contributed by atoms with E-state index in [0.717, 1.165) is 0 Å². The van der Waals surface area contributed by atoms with Crippen molar-refractivity contribution in [2.75, 3.05) is 6.61 Å². The van der Waals surface area contributed by atoms with Gasteiger partial charge in [0.1, 0.15) is 12.2 Å². The summed E-state index contributed by atoms with van der Waals surface area (Å²) in [6.45, 7) is 19.6. The second kappa shape index (κ2) is 7.14. The predicted octanol–water partition coefficient (Wildman–Crippen LogP) is 3.00. The van der Waals surface area contributed by atoms with E-state index in [9.17, 15) is 5.11 Å². The van der Waals surface area contributed by atoms with E-state index < -0.39 is 37.3 Å². The van der Waals surface area contributed by atoms with Gasteiger partial charge < -0.3 is 23.1 Å². The minimum atomic E-state index is -1.84. The zero-order chi connectivity index (χ0) is 17.3. The molecular weight excluding hydrogens is 332 g/mol. The molecule has 0 bridgehead atoms. The molecule has 0 aliphatic carbocycles. The molecule has 8 heteroatoms. The largest absolute Gasteiger partial charge is 0.410 e. The van der Waals surface area contributed by atoms with Crippen LogP contribution in [0.2, 0.25) is 58.9 Å². The maximum Gasteiger partial charge on any atom is 0.184 e. The number of ether oxygens (including phenoxy) is 1. The molecule has 0 saturated carbocycles. The molecule has 0 unspecified atom stereocenters. The van der Waals surface area contributed by atoms with Crippen LogP contribution in [-0.4, -0.2) is 61.3 Å². The van der Waals surface area contributed by atoms with Crippen molar-refractivity contribution < 1.29 is 23.1 Å². The fourth-order valence-electron chi connectivity index (χ4n) is 2.40. The van der Waals surface area contributed by atoms with Crippen molar-refractivity contribution in [3.8, 4) is 0 Å². The lowest BCUT2D eigenvalue weighted by Gasteiger charge is -2.46. The molecule has 22 heavy (non-hydrogen) atoms. The van der Waals surface area contributed by atoms with Gasteiger partial charge in [0, 0.05) is 0 Å². The van der Waals surface area contributed by atoms with Gasteiger partial charge in [-0.1, -0.05) is 0 Å². The summed E-state index contributed by atoms with van der Waals surface area (Å²) < 4.78 is 24.3. The summed E-state index contributed by atoms with van der Waals surface area (Å²) in [5.74, 6) is 0. The standard InChI is InChI=1S/C14H34O5Si3/c1-20(2,3)17-11-10-16-14(15)13(19-22(7,8)9)12(11)18-21(4,5)6/h11-15H,10H2,1-9H3/t11-,12-,13-,14-/m1/s1. The van der Waals surface area contributed by atoms with Gasteiger partial charge in [0.2, 0.25) is 0 Å². The molecule has 5 nitrogen and oxygen atoms in total. The zero-order valence-corrected chi connectivity index (χ0v) is 18.6. The van der Waals surface area contributed by atoms with Crippen LogP contribution >= 0.6 is 0 Å². The van der Waals surface area contributed by atoms with Crippen LogP contribution in [0.15, 0.2) is 0 Å². The molecule has 0 spiro atoms. The summed E-state index contributed by atoms with van der Waals surface area (Å²) in [6, 6.07) is 0. The monoisotopic (exact) mass is 366 g/mol. The number of aliphatic hydroxyl groups excluding tert-OH is 1. The normalized spacial score (nSPS) is 31.4. The van der Waals surface area contributed by atoms with Gasteiger partial charge in [-0.25, -0.2) is 0 Å². The topological polar surface area (TPSA) is 57.2 Å². The van der Waals surface area contributed by atoms with Crippen molar-refractivity contribution in [2.45, 2.75) is 83.5 Å². The minimum absolute atomic E-state index is 0.178. The fourth-order valence-corrected chi connectivity index (χ4v) is 5.68. The van der Waals surface area contributed by atoms with E-state index >= 15 is 0 Å². The van der Waals surface area contributed by atoms with Gasteiger partial charge in [-0.2, -0.15) is 0 Å². The van der Waals surface area contributed by atoms with Gasteiger partial charge in [-0.15, -0.1) is 0 Å². The maximum atomic E-state index is 10.3. The molecular formula is C14H34O5Si3. The Kier molecular flexibility index (Phi) is 6.65. The highest BCUT2D eigenvalue weighted by molar-refractivity contribution is 6.70. The van der Waals surface area contributed by atoms with E-state index in [1.54, 1.807) is 0 Å². The summed E-state index contributed by atoms with van der Waals surface area (Å²) in [4.78, 5) is 0. The number of rotatable bonds is 6. The minimum Gasteiger partial charge on any atom is -0.410 e. The first-order chi connectivity index (χ1) is 9.68. The van der Waals surface area contributed by atoms with Gasteiger partial charge in [-0.05, 0) is 58.9 Å². The summed E-state index contributed by atoms with van der Waals surface area (Å²) in [5.41, 5.74) is 0.